The first-order chi connectivity index (χ1) is 11.0. The van der Waals surface area contributed by atoms with Crippen LogP contribution < -0.4 is 5.32 Å². The second-order valence-corrected chi connectivity index (χ2v) is 7.02. The number of rotatable bonds is 3. The molecule has 23 heavy (non-hydrogen) atoms. The highest BCUT2D eigenvalue weighted by Crippen LogP contribution is 2.23. The minimum Gasteiger partial charge on any atom is -0.358 e. The van der Waals surface area contributed by atoms with Gasteiger partial charge in [-0.3, -0.25) is 4.79 Å². The number of nitrogens with one attached hydrogen (secondary N) is 2. The van der Waals surface area contributed by atoms with Gasteiger partial charge in [-0.2, -0.15) is 0 Å². The SMILES string of the molecule is Cc1[nH]c2ccc(C(=O)N3CCC(NC(C)C)CC3)cc2c1C. The molecule has 2 heterocycles. The third-order valence-electron chi connectivity index (χ3n) is 4.91. The normalized spacial score (nSPS) is 16.5. The van der Waals surface area contributed by atoms with Gasteiger partial charge in [0, 0.05) is 47.3 Å². The lowest BCUT2D eigenvalue weighted by Crippen LogP contribution is -2.46. The molecule has 0 unspecified atom stereocenters. The van der Waals surface area contributed by atoms with E-state index in [9.17, 15) is 4.79 Å². The molecule has 0 radical (unpaired) electrons. The van der Waals surface area contributed by atoms with Crippen LogP contribution in [0.1, 0.15) is 48.3 Å². The van der Waals surface area contributed by atoms with E-state index >= 15 is 0 Å². The van der Waals surface area contributed by atoms with Crippen LogP contribution in [0.3, 0.4) is 0 Å². The molecular formula is C19H27N3O. The minimum atomic E-state index is 0.160. The van der Waals surface area contributed by atoms with Gasteiger partial charge in [0.1, 0.15) is 0 Å². The van der Waals surface area contributed by atoms with Crippen molar-refractivity contribution in [2.45, 2.75) is 52.6 Å². The van der Waals surface area contributed by atoms with Crippen LogP contribution in [-0.4, -0.2) is 41.0 Å². The van der Waals surface area contributed by atoms with Crippen molar-refractivity contribution >= 4 is 16.8 Å². The number of hydrogen-bond acceptors (Lipinski definition) is 2. The molecule has 3 rings (SSSR count). The van der Waals surface area contributed by atoms with Gasteiger partial charge in [0.15, 0.2) is 0 Å². The van der Waals surface area contributed by atoms with Gasteiger partial charge in [-0.25, -0.2) is 0 Å². The molecule has 1 amide bonds. The van der Waals surface area contributed by atoms with Crippen LogP contribution in [0.5, 0.6) is 0 Å². The van der Waals surface area contributed by atoms with Crippen LogP contribution in [-0.2, 0) is 0 Å². The van der Waals surface area contributed by atoms with Crippen LogP contribution in [0.25, 0.3) is 10.9 Å². The molecule has 1 aromatic heterocycles. The fourth-order valence-electron chi connectivity index (χ4n) is 3.50. The Bertz CT molecular complexity index is 709. The third kappa shape index (κ3) is 3.27. The number of piperidine rings is 1. The molecular weight excluding hydrogens is 286 g/mol. The zero-order valence-corrected chi connectivity index (χ0v) is 14.6. The molecule has 4 heteroatoms. The predicted molar refractivity (Wildman–Crippen MR) is 95.0 cm³/mol. The number of amides is 1. The quantitative estimate of drug-likeness (QED) is 0.912. The number of aryl methyl sites for hydroxylation is 2. The number of benzene rings is 1. The van der Waals surface area contributed by atoms with Crippen LogP contribution >= 0.6 is 0 Å². The second-order valence-electron chi connectivity index (χ2n) is 7.02. The van der Waals surface area contributed by atoms with E-state index in [1.54, 1.807) is 0 Å². The number of carbonyl (C=O) groups is 1. The Hall–Kier alpha value is -1.81. The standard InChI is InChI=1S/C19H27N3O/c1-12(2)20-16-7-9-22(10-8-16)19(23)15-5-6-18-17(11-15)13(3)14(4)21-18/h5-6,11-12,16,20-21H,7-10H2,1-4H3. The average Bonchev–Trinajstić information content (AvgIpc) is 2.81. The van der Waals surface area contributed by atoms with Crippen molar-refractivity contribution < 1.29 is 4.79 Å². The molecule has 4 nitrogen and oxygen atoms in total. The van der Waals surface area contributed by atoms with Crippen molar-refractivity contribution in [3.8, 4) is 0 Å². The first kappa shape index (κ1) is 16.1. The zero-order valence-electron chi connectivity index (χ0n) is 14.6. The second kappa shape index (κ2) is 6.36. The molecule has 0 bridgehead atoms. The van der Waals surface area contributed by atoms with Crippen molar-refractivity contribution in [3.05, 3.63) is 35.0 Å². The lowest BCUT2D eigenvalue weighted by Gasteiger charge is -2.33. The Morgan fingerprint density at radius 1 is 1.26 bits per heavy atom. The van der Waals surface area contributed by atoms with Gasteiger partial charge in [0.05, 0.1) is 0 Å². The maximum absolute atomic E-state index is 12.8. The number of carbonyl (C=O) groups excluding carboxylic acids is 1. The van der Waals surface area contributed by atoms with Crippen molar-refractivity contribution in [1.82, 2.24) is 15.2 Å². The largest absolute Gasteiger partial charge is 0.358 e. The number of fused-ring (bicyclic) bond motifs is 1. The lowest BCUT2D eigenvalue weighted by molar-refractivity contribution is 0.0703. The van der Waals surface area contributed by atoms with Crippen molar-refractivity contribution in [2.24, 2.45) is 0 Å². The van der Waals surface area contributed by atoms with E-state index in [1.165, 1.54) is 11.3 Å². The van der Waals surface area contributed by atoms with Crippen LogP contribution in [0.15, 0.2) is 18.2 Å². The zero-order chi connectivity index (χ0) is 16.6. The molecule has 1 fully saturated rings. The first-order valence-electron chi connectivity index (χ1n) is 8.60. The molecule has 0 saturated carbocycles. The number of likely N-dealkylation sites (tertiary alicyclic amines) is 1. The van der Waals surface area contributed by atoms with Gasteiger partial charge in [-0.15, -0.1) is 0 Å². The van der Waals surface area contributed by atoms with Gasteiger partial charge >= 0.3 is 0 Å². The smallest absolute Gasteiger partial charge is 0.253 e. The van der Waals surface area contributed by atoms with E-state index in [0.29, 0.717) is 12.1 Å². The Balaban J connectivity index is 1.72. The third-order valence-corrected chi connectivity index (χ3v) is 4.91. The summed E-state index contributed by atoms with van der Waals surface area (Å²) < 4.78 is 0. The summed E-state index contributed by atoms with van der Waals surface area (Å²) in [4.78, 5) is 18.1. The number of aromatic amines is 1. The van der Waals surface area contributed by atoms with E-state index in [0.717, 1.165) is 42.4 Å². The molecule has 0 spiro atoms. The Kier molecular flexibility index (Phi) is 4.44. The maximum Gasteiger partial charge on any atom is 0.253 e. The minimum absolute atomic E-state index is 0.160. The summed E-state index contributed by atoms with van der Waals surface area (Å²) in [5.41, 5.74) is 4.31. The monoisotopic (exact) mass is 313 g/mol. The summed E-state index contributed by atoms with van der Waals surface area (Å²) in [6.07, 6.45) is 2.07. The van der Waals surface area contributed by atoms with E-state index < -0.39 is 0 Å². The van der Waals surface area contributed by atoms with Gasteiger partial charge in [-0.1, -0.05) is 13.8 Å². The van der Waals surface area contributed by atoms with Crippen LogP contribution in [0.4, 0.5) is 0 Å². The summed E-state index contributed by atoms with van der Waals surface area (Å²) in [6.45, 7) is 10.2. The number of nitrogens with zero attached hydrogens (tertiary/aromatic N) is 1. The maximum atomic E-state index is 12.8. The van der Waals surface area contributed by atoms with Gasteiger partial charge in [0.25, 0.3) is 5.91 Å². The summed E-state index contributed by atoms with van der Waals surface area (Å²) in [7, 11) is 0. The fourth-order valence-corrected chi connectivity index (χ4v) is 3.50. The summed E-state index contributed by atoms with van der Waals surface area (Å²) >= 11 is 0. The Labute approximate surface area is 138 Å². The molecule has 1 aromatic carbocycles. The van der Waals surface area contributed by atoms with E-state index in [1.807, 2.05) is 23.1 Å². The number of H-pyrrole nitrogens is 1. The van der Waals surface area contributed by atoms with Crippen molar-refractivity contribution in [1.29, 1.82) is 0 Å². The molecule has 1 aliphatic heterocycles. The molecule has 1 aliphatic rings. The predicted octanol–water partition coefficient (Wildman–Crippen LogP) is 3.39. The van der Waals surface area contributed by atoms with Gasteiger partial charge in [-0.05, 0) is 50.5 Å². The lowest BCUT2D eigenvalue weighted by atomic mass is 10.0. The molecule has 1 saturated heterocycles. The highest BCUT2D eigenvalue weighted by Gasteiger charge is 2.24. The van der Waals surface area contributed by atoms with E-state index in [2.05, 4.69) is 38.0 Å². The molecule has 2 aromatic rings. The number of aromatic nitrogens is 1. The molecule has 2 N–H and O–H groups in total. The first-order valence-corrected chi connectivity index (χ1v) is 8.60. The number of hydrogen-bond donors (Lipinski definition) is 2. The Morgan fingerprint density at radius 3 is 2.61 bits per heavy atom. The van der Waals surface area contributed by atoms with E-state index in [-0.39, 0.29) is 5.91 Å². The summed E-state index contributed by atoms with van der Waals surface area (Å²) in [5, 5.41) is 4.73. The summed E-state index contributed by atoms with van der Waals surface area (Å²) in [5.74, 6) is 0.160. The van der Waals surface area contributed by atoms with Crippen molar-refractivity contribution in [2.75, 3.05) is 13.1 Å². The molecule has 0 aliphatic carbocycles. The van der Waals surface area contributed by atoms with Crippen LogP contribution in [0.2, 0.25) is 0 Å². The highest BCUT2D eigenvalue weighted by molar-refractivity contribution is 5.99. The molecule has 0 atom stereocenters. The fraction of sp³-hybridized carbons (Fsp3) is 0.526. The van der Waals surface area contributed by atoms with Crippen LogP contribution in [0, 0.1) is 13.8 Å². The molecule has 124 valence electrons. The topological polar surface area (TPSA) is 48.1 Å². The summed E-state index contributed by atoms with van der Waals surface area (Å²) in [6, 6.07) is 7.05. The van der Waals surface area contributed by atoms with Crippen molar-refractivity contribution in [3.63, 3.8) is 0 Å². The van der Waals surface area contributed by atoms with Gasteiger partial charge in [0.2, 0.25) is 0 Å². The van der Waals surface area contributed by atoms with E-state index in [4.69, 9.17) is 0 Å². The Morgan fingerprint density at radius 2 is 1.96 bits per heavy atom. The highest BCUT2D eigenvalue weighted by atomic mass is 16.2. The van der Waals surface area contributed by atoms with Gasteiger partial charge < -0.3 is 15.2 Å². The average molecular weight is 313 g/mol.